The Balaban J connectivity index is 1.73. The number of nitriles is 1. The highest BCUT2D eigenvalue weighted by atomic mass is 16.5. The Bertz CT molecular complexity index is 1050. The Morgan fingerprint density at radius 3 is 2.73 bits per heavy atom. The van der Waals surface area contributed by atoms with Gasteiger partial charge in [0.05, 0.1) is 13.2 Å². The van der Waals surface area contributed by atoms with E-state index in [0.717, 1.165) is 16.9 Å². The number of benzene rings is 2. The molecule has 30 heavy (non-hydrogen) atoms. The van der Waals surface area contributed by atoms with Crippen LogP contribution in [0, 0.1) is 22.7 Å². The van der Waals surface area contributed by atoms with Crippen molar-refractivity contribution in [2.45, 2.75) is 31.8 Å². The summed E-state index contributed by atoms with van der Waals surface area (Å²) in [5.74, 6) is 0.448. The number of rotatable bonds is 5. The van der Waals surface area contributed by atoms with Crippen LogP contribution in [0.1, 0.15) is 36.3 Å². The number of Topliss-reactive ketones (excluding diaryl/α,β-unsaturated/α-hetero) is 1. The topological polar surface area (TPSA) is 92.4 Å². The Morgan fingerprint density at radius 1 is 1.20 bits per heavy atom. The minimum atomic E-state index is -0.845. The summed E-state index contributed by atoms with van der Waals surface area (Å²) in [4.78, 5) is 12.7. The molecule has 6 nitrogen and oxygen atoms in total. The van der Waals surface area contributed by atoms with Gasteiger partial charge in [-0.2, -0.15) is 5.26 Å². The summed E-state index contributed by atoms with van der Waals surface area (Å²) in [5, 5.41) is 17.9. The number of allylic oxidation sites excluding steroid dienone is 2. The predicted molar refractivity (Wildman–Crippen MR) is 110 cm³/mol. The third-order valence-corrected chi connectivity index (χ3v) is 5.51. The van der Waals surface area contributed by atoms with Crippen molar-refractivity contribution in [1.29, 1.82) is 10.7 Å². The second kappa shape index (κ2) is 8.42. The molecule has 0 saturated heterocycles. The van der Waals surface area contributed by atoms with Crippen molar-refractivity contribution < 1.29 is 19.0 Å². The molecule has 0 spiro atoms. The zero-order valence-electron chi connectivity index (χ0n) is 16.7. The summed E-state index contributed by atoms with van der Waals surface area (Å²) >= 11 is 0. The van der Waals surface area contributed by atoms with Gasteiger partial charge in [0.25, 0.3) is 0 Å². The number of hydrogen-bond acceptors (Lipinski definition) is 6. The van der Waals surface area contributed by atoms with Crippen LogP contribution in [0.2, 0.25) is 0 Å². The summed E-state index contributed by atoms with van der Waals surface area (Å²) in [6, 6.07) is 17.2. The van der Waals surface area contributed by atoms with E-state index in [9.17, 15) is 10.1 Å². The normalized spacial score (nSPS) is 20.8. The highest BCUT2D eigenvalue weighted by Crippen LogP contribution is 2.44. The van der Waals surface area contributed by atoms with Crippen LogP contribution in [0.4, 0.5) is 0 Å². The third kappa shape index (κ3) is 3.67. The average molecular weight is 402 g/mol. The fourth-order valence-electron chi connectivity index (χ4n) is 4.08. The first kappa shape index (κ1) is 19.7. The van der Waals surface area contributed by atoms with Crippen molar-refractivity contribution in [3.8, 4) is 17.6 Å². The number of ketones is 1. The molecule has 0 fully saturated rings. The monoisotopic (exact) mass is 402 g/mol. The quantitative estimate of drug-likeness (QED) is 0.794. The molecule has 0 aromatic heterocycles. The molecule has 0 amide bonds. The number of hydrogen-bond donors (Lipinski definition) is 1. The standard InChI is InChI=1S/C24H22N2O4/c1-28-20-11-10-15(12-16(20)14-29-17-6-3-2-4-7-17)22-18(13-25)24(26)30-21-9-5-8-19(27)23(21)22/h2-4,6-7,10-12,18,22,26H,5,8-9,14H2,1H3. The Hall–Kier alpha value is -3.59. The van der Waals surface area contributed by atoms with Crippen molar-refractivity contribution in [2.24, 2.45) is 5.92 Å². The predicted octanol–water partition coefficient (Wildman–Crippen LogP) is 4.51. The molecular formula is C24H22N2O4. The molecule has 2 aliphatic rings. The fourth-order valence-corrected chi connectivity index (χ4v) is 4.08. The maximum Gasteiger partial charge on any atom is 0.205 e. The summed E-state index contributed by atoms with van der Waals surface area (Å²) in [6.45, 7) is 0.277. The molecule has 4 rings (SSSR count). The van der Waals surface area contributed by atoms with Crippen LogP contribution in [-0.2, 0) is 16.1 Å². The van der Waals surface area contributed by atoms with Crippen LogP contribution in [0.25, 0.3) is 0 Å². The van der Waals surface area contributed by atoms with E-state index in [1.807, 2.05) is 48.5 Å². The summed E-state index contributed by atoms with van der Waals surface area (Å²) < 4.78 is 16.9. The molecule has 2 atom stereocenters. The van der Waals surface area contributed by atoms with E-state index in [4.69, 9.17) is 19.6 Å². The highest BCUT2D eigenvalue weighted by Gasteiger charge is 2.42. The molecule has 0 saturated carbocycles. The zero-order chi connectivity index (χ0) is 21.1. The van der Waals surface area contributed by atoms with Gasteiger partial charge in [0, 0.05) is 29.9 Å². The van der Waals surface area contributed by atoms with Crippen LogP contribution < -0.4 is 9.47 Å². The molecule has 2 unspecified atom stereocenters. The van der Waals surface area contributed by atoms with Crippen LogP contribution >= 0.6 is 0 Å². The van der Waals surface area contributed by atoms with Crippen molar-refractivity contribution >= 4 is 11.7 Å². The number of para-hydroxylation sites is 1. The van der Waals surface area contributed by atoms with Gasteiger partial charge in [0.15, 0.2) is 5.78 Å². The molecule has 0 radical (unpaired) electrons. The minimum absolute atomic E-state index is 0.00750. The molecule has 1 aliphatic heterocycles. The molecule has 0 bridgehead atoms. The van der Waals surface area contributed by atoms with Gasteiger partial charge in [-0.3, -0.25) is 10.2 Å². The van der Waals surface area contributed by atoms with Gasteiger partial charge >= 0.3 is 0 Å². The van der Waals surface area contributed by atoms with Crippen molar-refractivity contribution in [3.63, 3.8) is 0 Å². The highest BCUT2D eigenvalue weighted by molar-refractivity contribution is 6.01. The first-order valence-electron chi connectivity index (χ1n) is 9.89. The van der Waals surface area contributed by atoms with Gasteiger partial charge in [0.1, 0.15) is 29.8 Å². The van der Waals surface area contributed by atoms with Crippen molar-refractivity contribution in [2.75, 3.05) is 7.11 Å². The number of ether oxygens (including phenoxy) is 3. The molecule has 6 heteroatoms. The lowest BCUT2D eigenvalue weighted by Crippen LogP contribution is -2.34. The van der Waals surface area contributed by atoms with Gasteiger partial charge in [0.2, 0.25) is 5.90 Å². The van der Waals surface area contributed by atoms with Gasteiger partial charge in [-0.05, 0) is 36.2 Å². The number of nitrogens with zero attached hydrogens (tertiary/aromatic N) is 1. The number of nitrogens with one attached hydrogen (secondary N) is 1. The number of carbonyl (C=O) groups excluding carboxylic acids is 1. The van der Waals surface area contributed by atoms with Gasteiger partial charge in [-0.1, -0.05) is 24.3 Å². The smallest absolute Gasteiger partial charge is 0.205 e. The SMILES string of the molecule is COc1ccc(C2C3=C(CCCC3=O)OC(=N)C2C#N)cc1COc1ccccc1. The maximum atomic E-state index is 12.7. The van der Waals surface area contributed by atoms with E-state index < -0.39 is 11.8 Å². The average Bonchev–Trinajstić information content (AvgIpc) is 2.77. The molecule has 2 aromatic carbocycles. The molecule has 1 aliphatic carbocycles. The first-order valence-corrected chi connectivity index (χ1v) is 9.89. The van der Waals surface area contributed by atoms with E-state index in [-0.39, 0.29) is 18.3 Å². The molecular weight excluding hydrogens is 380 g/mol. The maximum absolute atomic E-state index is 12.7. The van der Waals surface area contributed by atoms with E-state index in [2.05, 4.69) is 6.07 Å². The Kier molecular flexibility index (Phi) is 5.53. The lowest BCUT2D eigenvalue weighted by molar-refractivity contribution is -0.116. The largest absolute Gasteiger partial charge is 0.496 e. The fraction of sp³-hybridized carbons (Fsp3) is 0.292. The summed E-state index contributed by atoms with van der Waals surface area (Å²) in [5.41, 5.74) is 2.12. The second-order valence-corrected chi connectivity index (χ2v) is 7.34. The zero-order valence-corrected chi connectivity index (χ0v) is 16.7. The molecule has 1 heterocycles. The first-order chi connectivity index (χ1) is 14.6. The third-order valence-electron chi connectivity index (χ3n) is 5.51. The lowest BCUT2D eigenvalue weighted by atomic mass is 9.74. The van der Waals surface area contributed by atoms with Crippen molar-refractivity contribution in [3.05, 3.63) is 71.0 Å². The van der Waals surface area contributed by atoms with E-state index in [1.54, 1.807) is 7.11 Å². The van der Waals surface area contributed by atoms with Gasteiger partial charge in [-0.25, -0.2) is 0 Å². The van der Waals surface area contributed by atoms with Crippen LogP contribution in [0.5, 0.6) is 11.5 Å². The van der Waals surface area contributed by atoms with Crippen LogP contribution in [0.3, 0.4) is 0 Å². The molecule has 152 valence electrons. The van der Waals surface area contributed by atoms with E-state index in [1.165, 1.54) is 0 Å². The van der Waals surface area contributed by atoms with E-state index >= 15 is 0 Å². The molecule has 1 N–H and O–H groups in total. The van der Waals surface area contributed by atoms with Crippen LogP contribution in [0.15, 0.2) is 59.9 Å². The lowest BCUT2D eigenvalue weighted by Gasteiger charge is -2.34. The van der Waals surface area contributed by atoms with Crippen LogP contribution in [-0.4, -0.2) is 18.8 Å². The van der Waals surface area contributed by atoms with Gasteiger partial charge < -0.3 is 14.2 Å². The number of carbonyl (C=O) groups is 1. The van der Waals surface area contributed by atoms with Gasteiger partial charge in [-0.15, -0.1) is 0 Å². The van der Waals surface area contributed by atoms with Crippen molar-refractivity contribution in [1.82, 2.24) is 0 Å². The minimum Gasteiger partial charge on any atom is -0.496 e. The summed E-state index contributed by atoms with van der Waals surface area (Å²) in [6.07, 6.45) is 1.75. The molecule has 2 aromatic rings. The second-order valence-electron chi connectivity index (χ2n) is 7.34. The number of methoxy groups -OCH3 is 1. The Labute approximate surface area is 175 Å². The summed E-state index contributed by atoms with van der Waals surface area (Å²) in [7, 11) is 1.59. The van der Waals surface area contributed by atoms with E-state index in [0.29, 0.717) is 36.3 Å². The Morgan fingerprint density at radius 2 is 2.00 bits per heavy atom.